The summed E-state index contributed by atoms with van der Waals surface area (Å²) in [5.41, 5.74) is 9.42. The van der Waals surface area contributed by atoms with Crippen molar-refractivity contribution in [2.24, 2.45) is 10.7 Å². The average Bonchev–Trinajstić information content (AvgIpc) is 3.26. The second-order valence-electron chi connectivity index (χ2n) is 7.06. The van der Waals surface area contributed by atoms with Gasteiger partial charge in [0.25, 0.3) is 0 Å². The topological polar surface area (TPSA) is 78.6 Å². The van der Waals surface area contributed by atoms with Crippen LogP contribution in [0.2, 0.25) is 0 Å². The maximum Gasteiger partial charge on any atom is 0.210 e. The van der Waals surface area contributed by atoms with E-state index in [0.717, 1.165) is 55.2 Å². The number of nitrogens with one attached hydrogen (secondary N) is 2. The van der Waals surface area contributed by atoms with Crippen LogP contribution in [0.5, 0.6) is 0 Å². The third-order valence-corrected chi connectivity index (χ3v) is 4.97. The van der Waals surface area contributed by atoms with Gasteiger partial charge in [-0.2, -0.15) is 0 Å². The van der Waals surface area contributed by atoms with Gasteiger partial charge in [-0.1, -0.05) is 36.4 Å². The van der Waals surface area contributed by atoms with E-state index in [1.807, 2.05) is 48.5 Å². The highest BCUT2D eigenvalue weighted by Crippen LogP contribution is 2.25. The number of pyridine rings is 1. The second kappa shape index (κ2) is 8.37. The second-order valence-corrected chi connectivity index (χ2v) is 7.06. The zero-order chi connectivity index (χ0) is 19.2. The van der Waals surface area contributed by atoms with E-state index in [-0.39, 0.29) is 0 Å². The van der Waals surface area contributed by atoms with Crippen molar-refractivity contribution in [2.75, 3.05) is 26.2 Å². The molecule has 1 atom stereocenters. The number of allylic oxidation sites excluding steroid dienone is 1. The zero-order valence-electron chi connectivity index (χ0n) is 15.9. The van der Waals surface area contributed by atoms with E-state index in [9.17, 15) is 0 Å². The SMILES string of the molecule is NC1(c2cccc(-c3ccccn3)c2)N=CC=C(NCCCN2CC=CC2)N1. The van der Waals surface area contributed by atoms with Crippen LogP contribution in [0.3, 0.4) is 0 Å². The van der Waals surface area contributed by atoms with Crippen molar-refractivity contribution in [2.45, 2.75) is 12.2 Å². The van der Waals surface area contributed by atoms with Gasteiger partial charge in [0.1, 0.15) is 5.82 Å². The van der Waals surface area contributed by atoms with E-state index < -0.39 is 5.79 Å². The molecule has 0 saturated heterocycles. The van der Waals surface area contributed by atoms with Gasteiger partial charge in [0, 0.05) is 49.7 Å². The molecule has 0 aliphatic carbocycles. The van der Waals surface area contributed by atoms with Gasteiger partial charge in [-0.3, -0.25) is 15.6 Å². The van der Waals surface area contributed by atoms with Crippen LogP contribution in [-0.2, 0) is 5.79 Å². The smallest absolute Gasteiger partial charge is 0.210 e. The van der Waals surface area contributed by atoms with E-state index in [2.05, 4.69) is 37.7 Å². The van der Waals surface area contributed by atoms with Crippen molar-refractivity contribution in [1.29, 1.82) is 0 Å². The van der Waals surface area contributed by atoms with Crippen molar-refractivity contribution in [1.82, 2.24) is 20.5 Å². The molecule has 6 nitrogen and oxygen atoms in total. The maximum absolute atomic E-state index is 6.59. The Hall–Kier alpha value is -2.96. The molecule has 4 rings (SSSR count). The third kappa shape index (κ3) is 4.30. The highest BCUT2D eigenvalue weighted by atomic mass is 15.3. The van der Waals surface area contributed by atoms with Gasteiger partial charge in [-0.05, 0) is 30.7 Å². The minimum absolute atomic E-state index is 0.882. The van der Waals surface area contributed by atoms with E-state index in [1.54, 1.807) is 12.4 Å². The molecule has 2 aromatic rings. The van der Waals surface area contributed by atoms with Gasteiger partial charge in [0.05, 0.1) is 5.69 Å². The summed E-state index contributed by atoms with van der Waals surface area (Å²) in [6.07, 6.45) is 11.0. The molecule has 0 fully saturated rings. The van der Waals surface area contributed by atoms with Crippen LogP contribution >= 0.6 is 0 Å². The van der Waals surface area contributed by atoms with Gasteiger partial charge >= 0.3 is 0 Å². The number of aromatic nitrogens is 1. The number of hydrogen-bond acceptors (Lipinski definition) is 6. The van der Waals surface area contributed by atoms with Crippen molar-refractivity contribution in [3.63, 3.8) is 0 Å². The first-order chi connectivity index (χ1) is 13.7. The van der Waals surface area contributed by atoms with Gasteiger partial charge in [-0.25, -0.2) is 4.99 Å². The molecule has 3 heterocycles. The Bertz CT molecular complexity index is 881. The standard InChI is InChI=1S/C22H26N6/c23-22(19-8-5-7-18(17-19)20-9-1-2-11-24-20)26-13-10-21(27-22)25-12-6-16-28-14-3-4-15-28/h1-5,7-11,13,17,25,27H,6,12,14-16,23H2. The fourth-order valence-electron chi connectivity index (χ4n) is 3.44. The molecule has 1 aromatic carbocycles. The van der Waals surface area contributed by atoms with E-state index in [0.29, 0.717) is 0 Å². The Labute approximate surface area is 165 Å². The van der Waals surface area contributed by atoms with Crippen molar-refractivity contribution < 1.29 is 0 Å². The quantitative estimate of drug-likeness (QED) is 0.511. The minimum Gasteiger partial charge on any atom is -0.372 e. The van der Waals surface area contributed by atoms with Crippen molar-refractivity contribution in [3.05, 3.63) is 78.3 Å². The highest BCUT2D eigenvalue weighted by molar-refractivity contribution is 5.74. The molecule has 0 spiro atoms. The van der Waals surface area contributed by atoms with Crippen LogP contribution in [0.4, 0.5) is 0 Å². The van der Waals surface area contributed by atoms with Crippen LogP contribution < -0.4 is 16.4 Å². The Morgan fingerprint density at radius 3 is 2.86 bits per heavy atom. The van der Waals surface area contributed by atoms with Crippen LogP contribution in [0, 0.1) is 0 Å². The maximum atomic E-state index is 6.59. The molecule has 144 valence electrons. The van der Waals surface area contributed by atoms with Crippen LogP contribution in [0.15, 0.2) is 77.7 Å². The molecule has 1 unspecified atom stereocenters. The lowest BCUT2D eigenvalue weighted by Gasteiger charge is -2.32. The minimum atomic E-state index is -0.999. The number of aliphatic imine (C=N–C) groups is 1. The molecule has 4 N–H and O–H groups in total. The zero-order valence-corrected chi connectivity index (χ0v) is 15.9. The molecule has 6 heteroatoms. The first-order valence-corrected chi connectivity index (χ1v) is 9.69. The molecule has 2 aliphatic heterocycles. The predicted octanol–water partition coefficient (Wildman–Crippen LogP) is 2.18. The fourth-order valence-corrected chi connectivity index (χ4v) is 3.44. The first-order valence-electron chi connectivity index (χ1n) is 9.69. The summed E-state index contributed by atoms with van der Waals surface area (Å²) in [7, 11) is 0. The summed E-state index contributed by atoms with van der Waals surface area (Å²) in [6.45, 7) is 4.09. The lowest BCUT2D eigenvalue weighted by molar-refractivity contribution is 0.340. The first kappa shape index (κ1) is 18.4. The number of hydrogen-bond donors (Lipinski definition) is 3. The monoisotopic (exact) mass is 374 g/mol. The largest absolute Gasteiger partial charge is 0.372 e. The normalized spacial score (nSPS) is 21.4. The van der Waals surface area contributed by atoms with Crippen LogP contribution in [-0.4, -0.2) is 42.3 Å². The summed E-state index contributed by atoms with van der Waals surface area (Å²) < 4.78 is 0. The molecular formula is C22H26N6. The van der Waals surface area contributed by atoms with E-state index >= 15 is 0 Å². The third-order valence-electron chi connectivity index (χ3n) is 4.97. The summed E-state index contributed by atoms with van der Waals surface area (Å²) in [6, 6.07) is 13.9. The molecule has 0 amide bonds. The average molecular weight is 374 g/mol. The van der Waals surface area contributed by atoms with Crippen molar-refractivity contribution in [3.8, 4) is 11.3 Å². The Morgan fingerprint density at radius 2 is 2.04 bits per heavy atom. The Morgan fingerprint density at radius 1 is 1.14 bits per heavy atom. The van der Waals surface area contributed by atoms with Crippen LogP contribution in [0.1, 0.15) is 12.0 Å². The Balaban J connectivity index is 1.38. The van der Waals surface area contributed by atoms with E-state index in [1.165, 1.54) is 0 Å². The lowest BCUT2D eigenvalue weighted by atomic mass is 10.0. The number of nitrogens with two attached hydrogens (primary N) is 1. The molecular weight excluding hydrogens is 348 g/mol. The number of rotatable bonds is 7. The summed E-state index contributed by atoms with van der Waals surface area (Å²) >= 11 is 0. The predicted molar refractivity (Wildman–Crippen MR) is 113 cm³/mol. The lowest BCUT2D eigenvalue weighted by Crippen LogP contribution is -2.52. The van der Waals surface area contributed by atoms with Gasteiger partial charge < -0.3 is 10.6 Å². The fraction of sp³-hybridized carbons (Fsp3) is 0.273. The molecule has 1 aromatic heterocycles. The van der Waals surface area contributed by atoms with Crippen LogP contribution in [0.25, 0.3) is 11.3 Å². The van der Waals surface area contributed by atoms with E-state index in [4.69, 9.17) is 5.73 Å². The summed E-state index contributed by atoms with van der Waals surface area (Å²) in [5, 5.41) is 6.77. The molecule has 28 heavy (non-hydrogen) atoms. The van der Waals surface area contributed by atoms with Gasteiger partial charge in [-0.15, -0.1) is 0 Å². The van der Waals surface area contributed by atoms with Gasteiger partial charge in [0.15, 0.2) is 0 Å². The van der Waals surface area contributed by atoms with Crippen molar-refractivity contribution >= 4 is 6.21 Å². The molecule has 0 bridgehead atoms. The van der Waals surface area contributed by atoms with Gasteiger partial charge in [0.2, 0.25) is 5.79 Å². The number of nitrogens with zero attached hydrogens (tertiary/aromatic N) is 3. The summed E-state index contributed by atoms with van der Waals surface area (Å²) in [4.78, 5) is 11.3. The molecule has 0 saturated carbocycles. The highest BCUT2D eigenvalue weighted by Gasteiger charge is 2.28. The summed E-state index contributed by atoms with van der Waals surface area (Å²) in [5.74, 6) is -0.110. The number of benzene rings is 1. The Kier molecular flexibility index (Phi) is 5.50. The molecule has 0 radical (unpaired) electrons. The molecule has 2 aliphatic rings.